The van der Waals surface area contributed by atoms with E-state index in [9.17, 15) is 10.1 Å². The van der Waals surface area contributed by atoms with Crippen LogP contribution in [0.1, 0.15) is 33.9 Å². The van der Waals surface area contributed by atoms with E-state index in [4.69, 9.17) is 10.5 Å². The van der Waals surface area contributed by atoms with Crippen molar-refractivity contribution in [2.24, 2.45) is 5.73 Å². The molecule has 0 radical (unpaired) electrons. The molecular formula is C19H17N5O2. The van der Waals surface area contributed by atoms with Gasteiger partial charge in [-0.2, -0.15) is 5.26 Å². The monoisotopic (exact) mass is 347 g/mol. The van der Waals surface area contributed by atoms with Crippen LogP contribution in [0.3, 0.4) is 0 Å². The Bertz CT molecular complexity index is 1190. The molecule has 0 saturated carbocycles. The van der Waals surface area contributed by atoms with Gasteiger partial charge in [-0.1, -0.05) is 11.6 Å². The molecule has 0 spiro atoms. The van der Waals surface area contributed by atoms with Crippen LogP contribution in [0.25, 0.3) is 10.9 Å². The van der Waals surface area contributed by atoms with Crippen LogP contribution in [-0.2, 0) is 0 Å². The summed E-state index contributed by atoms with van der Waals surface area (Å²) in [5, 5.41) is 17.5. The molecule has 0 aliphatic carbocycles. The van der Waals surface area contributed by atoms with Crippen molar-refractivity contribution in [3.05, 3.63) is 68.0 Å². The van der Waals surface area contributed by atoms with Gasteiger partial charge in [-0.05, 0) is 43.9 Å². The Balaban J connectivity index is 2.05. The highest BCUT2D eigenvalue weighted by molar-refractivity contribution is 5.83. The van der Waals surface area contributed by atoms with Crippen LogP contribution >= 0.6 is 0 Å². The van der Waals surface area contributed by atoms with Crippen LogP contribution in [0.15, 0.2) is 34.4 Å². The van der Waals surface area contributed by atoms with Gasteiger partial charge >= 0.3 is 0 Å². The summed E-state index contributed by atoms with van der Waals surface area (Å²) in [6.45, 7) is 5.78. The number of ether oxygens (including phenoxy) is 1. The number of aryl methyl sites for hydroxylation is 3. The lowest BCUT2D eigenvalue weighted by atomic mass is 9.84. The SMILES string of the molecule is Cc1cc(C)c2[nH]c(=O)c(C3C(C#N)=C(N)Oc4n[nH]c(C)c43)cc2c1. The second-order valence-electron chi connectivity index (χ2n) is 6.59. The Morgan fingerprint density at radius 3 is 2.77 bits per heavy atom. The Labute approximate surface area is 149 Å². The molecule has 0 saturated heterocycles. The summed E-state index contributed by atoms with van der Waals surface area (Å²) in [7, 11) is 0. The van der Waals surface area contributed by atoms with Gasteiger partial charge in [0, 0.05) is 16.8 Å². The van der Waals surface area contributed by atoms with Crippen molar-refractivity contribution in [2.75, 3.05) is 0 Å². The van der Waals surface area contributed by atoms with Gasteiger partial charge in [0.25, 0.3) is 5.56 Å². The van der Waals surface area contributed by atoms with Crippen molar-refractivity contribution in [2.45, 2.75) is 26.7 Å². The van der Waals surface area contributed by atoms with Gasteiger partial charge in [0.05, 0.1) is 11.4 Å². The number of nitrogens with zero attached hydrogens (tertiary/aromatic N) is 2. The predicted octanol–water partition coefficient (Wildman–Crippen LogP) is 2.39. The fourth-order valence-corrected chi connectivity index (χ4v) is 3.63. The summed E-state index contributed by atoms with van der Waals surface area (Å²) in [5.74, 6) is -0.364. The minimum Gasteiger partial charge on any atom is -0.420 e. The van der Waals surface area contributed by atoms with E-state index < -0.39 is 5.92 Å². The van der Waals surface area contributed by atoms with Gasteiger partial charge in [0.1, 0.15) is 11.6 Å². The second kappa shape index (κ2) is 5.49. The number of aromatic nitrogens is 3. The van der Waals surface area contributed by atoms with Crippen molar-refractivity contribution in [3.63, 3.8) is 0 Å². The van der Waals surface area contributed by atoms with Crippen molar-refractivity contribution in [3.8, 4) is 11.9 Å². The van der Waals surface area contributed by atoms with E-state index >= 15 is 0 Å². The van der Waals surface area contributed by atoms with Gasteiger partial charge in [0.15, 0.2) is 0 Å². The highest BCUT2D eigenvalue weighted by Gasteiger charge is 2.35. The molecule has 2 aromatic heterocycles. The lowest BCUT2D eigenvalue weighted by Crippen LogP contribution is -2.25. The molecular weight excluding hydrogens is 330 g/mol. The number of rotatable bonds is 1. The molecule has 0 amide bonds. The fraction of sp³-hybridized carbons (Fsp3) is 0.211. The summed E-state index contributed by atoms with van der Waals surface area (Å²) < 4.78 is 5.45. The number of allylic oxidation sites excluding steroid dienone is 1. The predicted molar refractivity (Wildman–Crippen MR) is 96.7 cm³/mol. The smallest absolute Gasteiger partial charge is 0.252 e. The zero-order chi connectivity index (χ0) is 18.6. The molecule has 4 N–H and O–H groups in total. The van der Waals surface area contributed by atoms with Gasteiger partial charge in [-0.15, -0.1) is 5.10 Å². The molecule has 0 bridgehead atoms. The molecule has 1 aliphatic heterocycles. The average molecular weight is 347 g/mol. The highest BCUT2D eigenvalue weighted by atomic mass is 16.5. The number of aromatic amines is 2. The molecule has 26 heavy (non-hydrogen) atoms. The minimum absolute atomic E-state index is 0.0311. The summed E-state index contributed by atoms with van der Waals surface area (Å²) >= 11 is 0. The molecule has 0 fully saturated rings. The first-order valence-corrected chi connectivity index (χ1v) is 8.17. The average Bonchev–Trinajstić information content (AvgIpc) is 2.94. The lowest BCUT2D eigenvalue weighted by Gasteiger charge is -2.23. The number of benzene rings is 1. The molecule has 4 rings (SSSR count). The number of nitriles is 1. The van der Waals surface area contributed by atoms with Crippen LogP contribution in [0.4, 0.5) is 0 Å². The maximum atomic E-state index is 12.9. The van der Waals surface area contributed by atoms with E-state index in [0.29, 0.717) is 17.0 Å². The quantitative estimate of drug-likeness (QED) is 0.624. The number of nitrogens with two attached hydrogens (primary N) is 1. The molecule has 3 heterocycles. The number of hydrogen-bond acceptors (Lipinski definition) is 5. The maximum absolute atomic E-state index is 12.9. The van der Waals surface area contributed by atoms with Gasteiger partial charge < -0.3 is 15.5 Å². The first-order chi connectivity index (χ1) is 12.4. The number of fused-ring (bicyclic) bond motifs is 2. The van der Waals surface area contributed by atoms with E-state index in [1.165, 1.54) is 0 Å². The zero-order valence-electron chi connectivity index (χ0n) is 14.6. The standard InChI is InChI=1S/C19H17N5O2/c1-8-4-9(2)16-11(5-8)6-12(18(25)22-16)15-13(7-20)17(21)26-19-14(15)10(3)23-24-19/h4-6,15H,21H2,1-3H3,(H,22,25)(H,23,24). The van der Waals surface area contributed by atoms with Crippen molar-refractivity contribution >= 4 is 10.9 Å². The van der Waals surface area contributed by atoms with Crippen LogP contribution in [-0.4, -0.2) is 15.2 Å². The Kier molecular flexibility index (Phi) is 3.37. The van der Waals surface area contributed by atoms with Crippen molar-refractivity contribution < 1.29 is 4.74 Å². The first kappa shape index (κ1) is 16.0. The zero-order valence-corrected chi connectivity index (χ0v) is 14.6. The topological polar surface area (TPSA) is 121 Å². The third-order valence-corrected chi connectivity index (χ3v) is 4.76. The normalized spacial score (nSPS) is 16.3. The molecule has 1 aliphatic rings. The Hall–Kier alpha value is -3.53. The number of pyridine rings is 1. The molecule has 1 aromatic carbocycles. The van der Waals surface area contributed by atoms with Crippen molar-refractivity contribution in [1.29, 1.82) is 5.26 Å². The third-order valence-electron chi connectivity index (χ3n) is 4.76. The van der Waals surface area contributed by atoms with E-state index in [1.54, 1.807) is 0 Å². The van der Waals surface area contributed by atoms with Gasteiger partial charge in [-0.3, -0.25) is 9.89 Å². The summed E-state index contributed by atoms with van der Waals surface area (Å²) in [6, 6.07) is 7.94. The number of hydrogen-bond donors (Lipinski definition) is 3. The van der Waals surface area contributed by atoms with Crippen molar-refractivity contribution in [1.82, 2.24) is 15.2 Å². The highest BCUT2D eigenvalue weighted by Crippen LogP contribution is 2.41. The number of nitrogens with one attached hydrogen (secondary N) is 2. The minimum atomic E-state index is -0.628. The number of H-pyrrole nitrogens is 2. The first-order valence-electron chi connectivity index (χ1n) is 8.17. The summed E-state index contributed by atoms with van der Waals surface area (Å²) in [4.78, 5) is 15.8. The van der Waals surface area contributed by atoms with E-state index in [1.807, 2.05) is 39.0 Å². The van der Waals surface area contributed by atoms with Crippen LogP contribution in [0.5, 0.6) is 5.88 Å². The van der Waals surface area contributed by atoms with E-state index in [-0.39, 0.29) is 17.0 Å². The maximum Gasteiger partial charge on any atom is 0.252 e. The third kappa shape index (κ3) is 2.19. The largest absolute Gasteiger partial charge is 0.420 e. The van der Waals surface area contributed by atoms with E-state index in [2.05, 4.69) is 21.3 Å². The lowest BCUT2D eigenvalue weighted by molar-refractivity contribution is 0.378. The Morgan fingerprint density at radius 2 is 2.04 bits per heavy atom. The molecule has 3 aromatic rings. The van der Waals surface area contributed by atoms with Crippen LogP contribution in [0.2, 0.25) is 0 Å². The fourth-order valence-electron chi connectivity index (χ4n) is 3.63. The Morgan fingerprint density at radius 1 is 1.27 bits per heavy atom. The molecule has 1 atom stereocenters. The van der Waals surface area contributed by atoms with Crippen LogP contribution < -0.4 is 16.0 Å². The molecule has 7 heteroatoms. The van der Waals surface area contributed by atoms with Gasteiger partial charge in [0.2, 0.25) is 11.8 Å². The molecule has 1 unspecified atom stereocenters. The molecule has 130 valence electrons. The summed E-state index contributed by atoms with van der Waals surface area (Å²) in [5.41, 5.74) is 10.6. The van der Waals surface area contributed by atoms with Gasteiger partial charge in [-0.25, -0.2) is 0 Å². The van der Waals surface area contributed by atoms with Crippen LogP contribution in [0, 0.1) is 32.1 Å². The van der Waals surface area contributed by atoms with E-state index in [0.717, 1.165) is 27.7 Å². The molecule has 7 nitrogen and oxygen atoms in total. The second-order valence-corrected chi connectivity index (χ2v) is 6.59. The summed E-state index contributed by atoms with van der Waals surface area (Å²) in [6.07, 6.45) is 0.